The summed E-state index contributed by atoms with van der Waals surface area (Å²) in [6.45, 7) is 6.33. The Morgan fingerprint density at radius 2 is 1.74 bits per heavy atom. The van der Waals surface area contributed by atoms with Crippen LogP contribution in [-0.4, -0.2) is 18.7 Å². The van der Waals surface area contributed by atoms with Gasteiger partial charge in [-0.05, 0) is 6.72 Å². The van der Waals surface area contributed by atoms with E-state index >= 15 is 0 Å². The second kappa shape index (κ2) is 5.13. The molecule has 1 atom stereocenters. The van der Waals surface area contributed by atoms with Crippen LogP contribution in [0.4, 0.5) is 13.2 Å². The van der Waals surface area contributed by atoms with Crippen LogP contribution in [0.15, 0.2) is 29.3 Å². The highest BCUT2D eigenvalue weighted by molar-refractivity contribution is 5.97. The van der Waals surface area contributed by atoms with Crippen LogP contribution >= 0.6 is 0 Å². The van der Waals surface area contributed by atoms with E-state index in [1.54, 1.807) is 13.8 Å². The maximum absolute atomic E-state index is 12.9. The van der Waals surface area contributed by atoms with E-state index in [-0.39, 0.29) is 17.3 Å². The first-order chi connectivity index (χ1) is 8.63. The highest BCUT2D eigenvalue weighted by Gasteiger charge is 2.53. The quantitative estimate of drug-likeness (QED) is 0.676. The third-order valence-corrected chi connectivity index (χ3v) is 2.82. The Bertz CT molecular complexity index is 480. The molecular formula is C13H15F3N2O. The van der Waals surface area contributed by atoms with Crippen LogP contribution in [0.3, 0.4) is 0 Å². The van der Waals surface area contributed by atoms with E-state index in [9.17, 15) is 18.0 Å². The normalized spacial score (nSPS) is 15.1. The van der Waals surface area contributed by atoms with Crippen molar-refractivity contribution < 1.29 is 18.0 Å². The number of benzene rings is 1. The molecule has 0 aromatic heterocycles. The lowest BCUT2D eigenvalue weighted by Crippen LogP contribution is -2.48. The lowest BCUT2D eigenvalue weighted by molar-refractivity contribution is -0.186. The number of Topliss-reactive ketones (excluding diaryl/α,β-unsaturated/α-hetero) is 1. The average Bonchev–Trinajstić information content (AvgIpc) is 2.35. The summed E-state index contributed by atoms with van der Waals surface area (Å²) in [6, 6.07) is 4.93. The van der Waals surface area contributed by atoms with Gasteiger partial charge >= 0.3 is 6.18 Å². The van der Waals surface area contributed by atoms with Gasteiger partial charge in [-0.1, -0.05) is 38.1 Å². The Labute approximate surface area is 109 Å². The number of nitrogens with zero attached hydrogens (tertiary/aromatic N) is 1. The Balaban J connectivity index is 3.18. The Morgan fingerprint density at radius 1 is 1.26 bits per heavy atom. The van der Waals surface area contributed by atoms with Gasteiger partial charge in [0.25, 0.3) is 0 Å². The molecule has 0 radical (unpaired) electrons. The SMILES string of the molecule is C=NC(N)(c1ccc(C(=O)C(C)C)cc1)C(F)(F)F. The summed E-state index contributed by atoms with van der Waals surface area (Å²) < 4.78 is 38.6. The predicted molar refractivity (Wildman–Crippen MR) is 67.1 cm³/mol. The number of halogens is 3. The van der Waals surface area contributed by atoms with Crippen molar-refractivity contribution >= 4 is 12.5 Å². The van der Waals surface area contributed by atoms with Crippen LogP contribution < -0.4 is 5.73 Å². The zero-order chi connectivity index (χ0) is 14.8. The maximum Gasteiger partial charge on any atom is 0.431 e. The Morgan fingerprint density at radius 3 is 2.05 bits per heavy atom. The number of alkyl halides is 3. The largest absolute Gasteiger partial charge is 0.431 e. The predicted octanol–water partition coefficient (Wildman–Crippen LogP) is 2.90. The second-order valence-corrected chi connectivity index (χ2v) is 4.52. The highest BCUT2D eigenvalue weighted by Crippen LogP contribution is 2.37. The van der Waals surface area contributed by atoms with E-state index in [0.29, 0.717) is 5.56 Å². The van der Waals surface area contributed by atoms with E-state index in [2.05, 4.69) is 11.7 Å². The Kier molecular flexibility index (Phi) is 4.15. The van der Waals surface area contributed by atoms with Gasteiger partial charge in [-0.25, -0.2) is 0 Å². The van der Waals surface area contributed by atoms with Crippen molar-refractivity contribution in [2.24, 2.45) is 16.6 Å². The van der Waals surface area contributed by atoms with Crippen LogP contribution in [0.1, 0.15) is 29.8 Å². The van der Waals surface area contributed by atoms with Crippen molar-refractivity contribution in [1.82, 2.24) is 0 Å². The fraction of sp³-hybridized carbons (Fsp3) is 0.385. The van der Waals surface area contributed by atoms with E-state index in [4.69, 9.17) is 5.73 Å². The lowest BCUT2D eigenvalue weighted by Gasteiger charge is -2.27. The monoisotopic (exact) mass is 272 g/mol. The van der Waals surface area contributed by atoms with Crippen LogP contribution in [0.25, 0.3) is 0 Å². The molecule has 0 spiro atoms. The van der Waals surface area contributed by atoms with Crippen molar-refractivity contribution in [2.45, 2.75) is 25.7 Å². The number of hydrogen-bond donors (Lipinski definition) is 1. The molecule has 3 nitrogen and oxygen atoms in total. The first-order valence-electron chi connectivity index (χ1n) is 5.61. The van der Waals surface area contributed by atoms with E-state index in [1.807, 2.05) is 0 Å². The average molecular weight is 272 g/mol. The number of rotatable bonds is 4. The summed E-state index contributed by atoms with van der Waals surface area (Å²) in [7, 11) is 0. The van der Waals surface area contributed by atoms with Gasteiger partial charge < -0.3 is 0 Å². The van der Waals surface area contributed by atoms with Gasteiger partial charge in [-0.3, -0.25) is 15.5 Å². The zero-order valence-electron chi connectivity index (χ0n) is 10.7. The number of ketones is 1. The van der Waals surface area contributed by atoms with Gasteiger partial charge in [-0.2, -0.15) is 13.2 Å². The zero-order valence-corrected chi connectivity index (χ0v) is 10.7. The standard InChI is InChI=1S/C13H15F3N2O/c1-8(2)11(19)9-4-6-10(7-5-9)12(17,18-3)13(14,15)16/h4-8H,3,17H2,1-2H3. The van der Waals surface area contributed by atoms with Crippen molar-refractivity contribution in [3.63, 3.8) is 0 Å². The molecule has 1 unspecified atom stereocenters. The summed E-state index contributed by atoms with van der Waals surface area (Å²) in [6.07, 6.45) is -4.75. The topological polar surface area (TPSA) is 55.4 Å². The van der Waals surface area contributed by atoms with E-state index < -0.39 is 11.8 Å². The third-order valence-electron chi connectivity index (χ3n) is 2.82. The van der Waals surface area contributed by atoms with Gasteiger partial charge in [-0.15, -0.1) is 0 Å². The molecule has 0 fully saturated rings. The van der Waals surface area contributed by atoms with Gasteiger partial charge in [0.05, 0.1) is 0 Å². The molecule has 1 aromatic rings. The van der Waals surface area contributed by atoms with Crippen LogP contribution in [0.2, 0.25) is 0 Å². The Hall–Kier alpha value is -1.69. The van der Waals surface area contributed by atoms with Gasteiger partial charge in [0.1, 0.15) is 0 Å². The van der Waals surface area contributed by atoms with Crippen molar-refractivity contribution in [2.75, 3.05) is 0 Å². The first-order valence-corrected chi connectivity index (χ1v) is 5.61. The molecule has 1 rings (SSSR count). The fourth-order valence-electron chi connectivity index (χ4n) is 1.57. The number of nitrogens with two attached hydrogens (primary N) is 1. The minimum Gasteiger partial charge on any atom is -0.296 e. The van der Waals surface area contributed by atoms with Crippen LogP contribution in [0.5, 0.6) is 0 Å². The number of carbonyl (C=O) groups excluding carboxylic acids is 1. The van der Waals surface area contributed by atoms with E-state index in [1.165, 1.54) is 12.1 Å². The van der Waals surface area contributed by atoms with Crippen LogP contribution in [-0.2, 0) is 5.66 Å². The van der Waals surface area contributed by atoms with Gasteiger partial charge in [0.2, 0.25) is 5.66 Å². The molecule has 6 heteroatoms. The molecule has 0 saturated carbocycles. The van der Waals surface area contributed by atoms with Gasteiger partial charge in [0, 0.05) is 17.0 Å². The summed E-state index contributed by atoms with van der Waals surface area (Å²) in [4.78, 5) is 14.7. The molecule has 0 amide bonds. The second-order valence-electron chi connectivity index (χ2n) is 4.52. The molecule has 1 aromatic carbocycles. The van der Waals surface area contributed by atoms with E-state index in [0.717, 1.165) is 12.1 Å². The minimum absolute atomic E-state index is 0.146. The van der Waals surface area contributed by atoms with Crippen molar-refractivity contribution in [1.29, 1.82) is 0 Å². The maximum atomic E-state index is 12.9. The summed E-state index contributed by atoms with van der Waals surface area (Å²) in [5.74, 6) is -0.374. The number of hydrogen-bond acceptors (Lipinski definition) is 3. The summed E-state index contributed by atoms with van der Waals surface area (Å²) in [5, 5.41) is 0. The minimum atomic E-state index is -4.75. The molecule has 104 valence electrons. The molecule has 19 heavy (non-hydrogen) atoms. The fourth-order valence-corrected chi connectivity index (χ4v) is 1.57. The van der Waals surface area contributed by atoms with Gasteiger partial charge in [0.15, 0.2) is 5.78 Å². The van der Waals surface area contributed by atoms with Crippen molar-refractivity contribution in [3.8, 4) is 0 Å². The summed E-state index contributed by atoms with van der Waals surface area (Å²) >= 11 is 0. The number of carbonyl (C=O) groups is 1. The molecular weight excluding hydrogens is 257 g/mol. The molecule has 0 aliphatic heterocycles. The first kappa shape index (κ1) is 15.4. The molecule has 0 heterocycles. The molecule has 2 N–H and O–H groups in total. The molecule has 0 aliphatic carbocycles. The smallest absolute Gasteiger partial charge is 0.296 e. The highest BCUT2D eigenvalue weighted by atomic mass is 19.4. The lowest BCUT2D eigenvalue weighted by atomic mass is 9.95. The summed E-state index contributed by atoms with van der Waals surface area (Å²) in [5.41, 5.74) is 2.47. The molecule has 0 aliphatic rings. The molecule has 0 bridgehead atoms. The third kappa shape index (κ3) is 2.84. The van der Waals surface area contributed by atoms with Crippen molar-refractivity contribution in [3.05, 3.63) is 35.4 Å². The van der Waals surface area contributed by atoms with Crippen LogP contribution in [0, 0.1) is 5.92 Å². The molecule has 0 saturated heterocycles. The number of aliphatic imine (C=N–C) groups is 1.